The van der Waals surface area contributed by atoms with Gasteiger partial charge in [0, 0.05) is 6.54 Å². The number of hydrogen-bond acceptors (Lipinski definition) is 2. The van der Waals surface area contributed by atoms with Crippen molar-refractivity contribution in [3.05, 3.63) is 0 Å². The van der Waals surface area contributed by atoms with Crippen LogP contribution in [0.3, 0.4) is 0 Å². The van der Waals surface area contributed by atoms with Crippen LogP contribution in [0.5, 0.6) is 0 Å². The molecule has 0 bridgehead atoms. The third-order valence-corrected chi connectivity index (χ3v) is 2.93. The first-order valence-electron chi connectivity index (χ1n) is 5.72. The predicted octanol–water partition coefficient (Wildman–Crippen LogP) is 1.72. The van der Waals surface area contributed by atoms with E-state index in [1.165, 1.54) is 51.9 Å². The van der Waals surface area contributed by atoms with Crippen LogP contribution in [-0.2, 0) is 0 Å². The van der Waals surface area contributed by atoms with E-state index in [-0.39, 0.29) is 0 Å². The summed E-state index contributed by atoms with van der Waals surface area (Å²) in [6.45, 7) is 7.29. The predicted molar refractivity (Wildman–Crippen MR) is 58.0 cm³/mol. The Morgan fingerprint density at radius 1 is 1.38 bits per heavy atom. The van der Waals surface area contributed by atoms with Gasteiger partial charge in [-0.15, -0.1) is 0 Å². The average molecular weight is 184 g/mol. The molecule has 1 rings (SSSR count). The molecule has 0 aromatic heterocycles. The fraction of sp³-hybridized carbons (Fsp3) is 1.00. The Hall–Kier alpha value is -0.0800. The molecule has 0 spiro atoms. The summed E-state index contributed by atoms with van der Waals surface area (Å²) in [7, 11) is 2.23. The Labute approximate surface area is 82.7 Å². The molecule has 0 amide bonds. The number of hydrogen-bond donors (Lipinski definition) is 1. The van der Waals surface area contributed by atoms with Gasteiger partial charge in [-0.3, -0.25) is 0 Å². The molecular weight excluding hydrogens is 160 g/mol. The second kappa shape index (κ2) is 6.39. The van der Waals surface area contributed by atoms with Crippen molar-refractivity contribution in [2.45, 2.75) is 32.6 Å². The third kappa shape index (κ3) is 4.63. The molecule has 13 heavy (non-hydrogen) atoms. The van der Waals surface area contributed by atoms with Crippen molar-refractivity contribution in [1.82, 2.24) is 10.2 Å². The summed E-state index contributed by atoms with van der Waals surface area (Å²) in [5.74, 6) is 0.958. The highest BCUT2D eigenvalue weighted by Crippen LogP contribution is 2.16. The highest BCUT2D eigenvalue weighted by atomic mass is 15.1. The van der Waals surface area contributed by atoms with Crippen molar-refractivity contribution in [3.63, 3.8) is 0 Å². The molecule has 1 saturated heterocycles. The first-order valence-corrected chi connectivity index (χ1v) is 5.72. The van der Waals surface area contributed by atoms with E-state index in [1.54, 1.807) is 0 Å². The van der Waals surface area contributed by atoms with Gasteiger partial charge in [0.25, 0.3) is 0 Å². The molecule has 0 aromatic rings. The van der Waals surface area contributed by atoms with Crippen molar-refractivity contribution in [2.24, 2.45) is 5.92 Å². The Morgan fingerprint density at radius 3 is 2.85 bits per heavy atom. The van der Waals surface area contributed by atoms with Crippen molar-refractivity contribution in [1.29, 1.82) is 0 Å². The number of nitrogens with zero attached hydrogens (tertiary/aromatic N) is 1. The average Bonchev–Trinajstić information content (AvgIpc) is 2.51. The Balaban J connectivity index is 1.88. The summed E-state index contributed by atoms with van der Waals surface area (Å²) in [6, 6.07) is 0. The van der Waals surface area contributed by atoms with Crippen LogP contribution >= 0.6 is 0 Å². The highest BCUT2D eigenvalue weighted by Gasteiger charge is 2.18. The molecule has 1 N–H and O–H groups in total. The molecule has 0 saturated carbocycles. The maximum absolute atomic E-state index is 3.51. The zero-order chi connectivity index (χ0) is 9.52. The lowest BCUT2D eigenvalue weighted by Gasteiger charge is -2.10. The van der Waals surface area contributed by atoms with Gasteiger partial charge in [-0.25, -0.2) is 0 Å². The van der Waals surface area contributed by atoms with Gasteiger partial charge in [-0.1, -0.05) is 13.3 Å². The first kappa shape index (κ1) is 11.0. The largest absolute Gasteiger partial charge is 0.317 e. The summed E-state index contributed by atoms with van der Waals surface area (Å²) in [5.41, 5.74) is 0. The normalized spacial score (nSPS) is 24.0. The molecule has 1 aliphatic heterocycles. The summed E-state index contributed by atoms with van der Waals surface area (Å²) in [6.07, 6.45) is 5.41. The number of unbranched alkanes of at least 4 members (excludes halogenated alkanes) is 1. The number of likely N-dealkylation sites (tertiary alicyclic amines) is 1. The lowest BCUT2D eigenvalue weighted by molar-refractivity contribution is 0.385. The summed E-state index contributed by atoms with van der Waals surface area (Å²) >= 11 is 0. The minimum Gasteiger partial charge on any atom is -0.317 e. The monoisotopic (exact) mass is 184 g/mol. The van der Waals surface area contributed by atoms with Crippen LogP contribution in [0.4, 0.5) is 0 Å². The van der Waals surface area contributed by atoms with Gasteiger partial charge in [-0.05, 0) is 51.9 Å². The van der Waals surface area contributed by atoms with Crippen LogP contribution in [-0.4, -0.2) is 38.1 Å². The van der Waals surface area contributed by atoms with E-state index in [0.29, 0.717) is 0 Å². The van der Waals surface area contributed by atoms with Crippen molar-refractivity contribution >= 4 is 0 Å². The van der Waals surface area contributed by atoms with Gasteiger partial charge in [-0.2, -0.15) is 0 Å². The summed E-state index contributed by atoms with van der Waals surface area (Å²) in [5, 5.41) is 3.51. The van der Waals surface area contributed by atoms with Crippen LogP contribution in [0.1, 0.15) is 32.6 Å². The third-order valence-electron chi connectivity index (χ3n) is 2.93. The second-order valence-corrected chi connectivity index (χ2v) is 4.31. The van der Waals surface area contributed by atoms with Crippen LogP contribution in [0.25, 0.3) is 0 Å². The van der Waals surface area contributed by atoms with E-state index in [1.807, 2.05) is 0 Å². The van der Waals surface area contributed by atoms with Crippen molar-refractivity contribution in [3.8, 4) is 0 Å². The molecule has 0 radical (unpaired) electrons. The quantitative estimate of drug-likeness (QED) is 0.632. The fourth-order valence-corrected chi connectivity index (χ4v) is 1.99. The summed E-state index contributed by atoms with van der Waals surface area (Å²) < 4.78 is 0. The second-order valence-electron chi connectivity index (χ2n) is 4.31. The van der Waals surface area contributed by atoms with E-state index >= 15 is 0 Å². The fourth-order valence-electron chi connectivity index (χ4n) is 1.99. The molecule has 2 nitrogen and oxygen atoms in total. The lowest BCUT2D eigenvalue weighted by atomic mass is 10.1. The molecule has 1 aliphatic rings. The van der Waals surface area contributed by atoms with Crippen LogP contribution in [0, 0.1) is 5.92 Å². The smallest absolute Gasteiger partial charge is 0.000756 e. The van der Waals surface area contributed by atoms with Crippen LogP contribution in [0.2, 0.25) is 0 Å². The Morgan fingerprint density at radius 2 is 2.23 bits per heavy atom. The Bertz CT molecular complexity index is 125. The SMILES string of the molecule is CCCCNCCC1CCN(C)C1. The van der Waals surface area contributed by atoms with Gasteiger partial charge < -0.3 is 10.2 Å². The zero-order valence-corrected chi connectivity index (χ0v) is 9.18. The molecule has 1 atom stereocenters. The van der Waals surface area contributed by atoms with Gasteiger partial charge in [0.1, 0.15) is 0 Å². The lowest BCUT2D eigenvalue weighted by Crippen LogP contribution is -2.20. The van der Waals surface area contributed by atoms with E-state index in [4.69, 9.17) is 0 Å². The summed E-state index contributed by atoms with van der Waals surface area (Å²) in [4.78, 5) is 2.44. The van der Waals surface area contributed by atoms with Gasteiger partial charge >= 0.3 is 0 Å². The van der Waals surface area contributed by atoms with Crippen LogP contribution in [0.15, 0.2) is 0 Å². The molecule has 1 fully saturated rings. The van der Waals surface area contributed by atoms with E-state index < -0.39 is 0 Å². The van der Waals surface area contributed by atoms with Crippen molar-refractivity contribution < 1.29 is 0 Å². The maximum atomic E-state index is 3.51. The van der Waals surface area contributed by atoms with Crippen LogP contribution < -0.4 is 5.32 Å². The van der Waals surface area contributed by atoms with Gasteiger partial charge in [0.2, 0.25) is 0 Å². The maximum Gasteiger partial charge on any atom is 0.000756 e. The molecule has 0 aliphatic carbocycles. The standard InChI is InChI=1S/C11H24N2/c1-3-4-7-12-8-5-11-6-9-13(2)10-11/h11-12H,3-10H2,1-2H3. The van der Waals surface area contributed by atoms with Gasteiger partial charge in [0.05, 0.1) is 0 Å². The molecule has 1 unspecified atom stereocenters. The molecule has 2 heteroatoms. The van der Waals surface area contributed by atoms with E-state index in [0.717, 1.165) is 5.92 Å². The highest BCUT2D eigenvalue weighted by molar-refractivity contribution is 4.73. The minimum absolute atomic E-state index is 0.958. The molecule has 0 aromatic carbocycles. The first-order chi connectivity index (χ1) is 6.33. The molecule has 1 heterocycles. The van der Waals surface area contributed by atoms with E-state index in [2.05, 4.69) is 24.2 Å². The van der Waals surface area contributed by atoms with E-state index in [9.17, 15) is 0 Å². The number of nitrogens with one attached hydrogen (secondary N) is 1. The Kier molecular flexibility index (Phi) is 5.40. The topological polar surface area (TPSA) is 15.3 Å². The minimum atomic E-state index is 0.958. The molecular formula is C11H24N2. The zero-order valence-electron chi connectivity index (χ0n) is 9.18. The van der Waals surface area contributed by atoms with Gasteiger partial charge in [0.15, 0.2) is 0 Å². The van der Waals surface area contributed by atoms with Crippen molar-refractivity contribution in [2.75, 3.05) is 33.2 Å². The molecule has 78 valence electrons. The number of rotatable bonds is 6.